The maximum Gasteiger partial charge on any atom is 0.327 e. The fourth-order valence-corrected chi connectivity index (χ4v) is 5.79. The highest BCUT2D eigenvalue weighted by molar-refractivity contribution is 8.01. The van der Waals surface area contributed by atoms with Gasteiger partial charge in [0.25, 0.3) is 0 Å². The van der Waals surface area contributed by atoms with Crippen LogP contribution in [0.5, 0.6) is 0 Å². The van der Waals surface area contributed by atoms with Crippen molar-refractivity contribution >= 4 is 34.7 Å². The number of aliphatic hydroxyl groups excluding tert-OH is 1. The van der Waals surface area contributed by atoms with Gasteiger partial charge in [-0.25, -0.2) is 9.78 Å². The molecule has 0 aliphatic carbocycles. The second-order valence-corrected chi connectivity index (χ2v) is 9.09. The zero-order chi connectivity index (χ0) is 19.5. The molecule has 2 fully saturated rings. The number of carboxylic acids is 1. The summed E-state index contributed by atoms with van der Waals surface area (Å²) in [5.41, 5.74) is 1.48. The molecule has 140 valence electrons. The van der Waals surface area contributed by atoms with Crippen molar-refractivity contribution in [3.05, 3.63) is 30.1 Å². The highest BCUT2D eigenvalue weighted by Gasteiger charge is 2.65. The quantitative estimate of drug-likeness (QED) is 0.611. The predicted octanol–water partition coefficient (Wildman–Crippen LogP) is 1.47. The van der Waals surface area contributed by atoms with Gasteiger partial charge in [-0.05, 0) is 26.0 Å². The van der Waals surface area contributed by atoms with Gasteiger partial charge in [0.1, 0.15) is 23.9 Å². The minimum absolute atomic E-state index is 0.221. The Kier molecular flexibility index (Phi) is 3.98. The lowest BCUT2D eigenvalue weighted by Crippen LogP contribution is -2.64. The van der Waals surface area contributed by atoms with Gasteiger partial charge in [0.15, 0.2) is 0 Å². The highest BCUT2D eigenvalue weighted by Crippen LogP contribution is 2.56. The Morgan fingerprint density at radius 1 is 1.44 bits per heavy atom. The van der Waals surface area contributed by atoms with Gasteiger partial charge in [-0.2, -0.15) is 0 Å². The van der Waals surface area contributed by atoms with Crippen LogP contribution in [0.2, 0.25) is 0 Å². The van der Waals surface area contributed by atoms with Gasteiger partial charge >= 0.3 is 5.97 Å². The number of carbonyl (C=O) groups excluding carboxylic acids is 1. The summed E-state index contributed by atoms with van der Waals surface area (Å²) in [5.74, 6) is 0.757. The minimum atomic E-state index is -1.16. The molecule has 0 saturated carbocycles. The summed E-state index contributed by atoms with van der Waals surface area (Å²) in [7, 11) is 0. The molecule has 2 aliphatic rings. The molecule has 2 saturated heterocycles. The van der Waals surface area contributed by atoms with Crippen LogP contribution < -0.4 is 0 Å². The fourth-order valence-electron chi connectivity index (χ4n) is 4.07. The summed E-state index contributed by atoms with van der Waals surface area (Å²) >= 11 is 1.40. The molecule has 7 nitrogen and oxygen atoms in total. The summed E-state index contributed by atoms with van der Waals surface area (Å²) in [6.07, 6.45) is 4.32. The third kappa shape index (κ3) is 2.46. The van der Waals surface area contributed by atoms with Gasteiger partial charge in [0.05, 0.1) is 23.0 Å². The standard InChI is InChI=1S/C19H19N3O4S/c1-4-9-21-11-8-6-5-7-10(11)20-15(21)13(23)12-16(24)22-14(18(25)26)19(2,3)27-17(12)22/h1,5-8,12-14,17,23H,9H2,2-3H3,(H,25,26)/t12-,13+,14+,17-/m1/s1. The molecule has 0 spiro atoms. The van der Waals surface area contributed by atoms with Crippen LogP contribution >= 0.6 is 11.8 Å². The van der Waals surface area contributed by atoms with E-state index in [0.717, 1.165) is 5.52 Å². The minimum Gasteiger partial charge on any atom is -0.480 e. The van der Waals surface area contributed by atoms with Crippen LogP contribution in [0.4, 0.5) is 0 Å². The molecule has 0 radical (unpaired) electrons. The van der Waals surface area contributed by atoms with Crippen molar-refractivity contribution in [1.82, 2.24) is 14.5 Å². The number of aliphatic hydroxyl groups is 1. The molecule has 2 aromatic rings. The number of benzene rings is 1. The topological polar surface area (TPSA) is 95.7 Å². The zero-order valence-electron chi connectivity index (χ0n) is 14.9. The van der Waals surface area contributed by atoms with Crippen molar-refractivity contribution in [3.63, 3.8) is 0 Å². The Morgan fingerprint density at radius 3 is 2.81 bits per heavy atom. The molecule has 2 aliphatic heterocycles. The Bertz CT molecular complexity index is 992. The van der Waals surface area contributed by atoms with E-state index in [2.05, 4.69) is 10.9 Å². The molecule has 27 heavy (non-hydrogen) atoms. The molecular formula is C19H19N3O4S. The van der Waals surface area contributed by atoms with Gasteiger partial charge in [-0.1, -0.05) is 18.1 Å². The van der Waals surface area contributed by atoms with Gasteiger partial charge in [-0.3, -0.25) is 4.79 Å². The van der Waals surface area contributed by atoms with Crippen LogP contribution in [0, 0.1) is 18.3 Å². The van der Waals surface area contributed by atoms with Crippen molar-refractivity contribution in [2.45, 2.75) is 42.7 Å². The van der Waals surface area contributed by atoms with E-state index in [1.54, 1.807) is 18.4 Å². The van der Waals surface area contributed by atoms with E-state index in [4.69, 9.17) is 6.42 Å². The number of nitrogens with zero attached hydrogens (tertiary/aromatic N) is 3. The second kappa shape index (κ2) is 6.01. The number of hydrogen-bond donors (Lipinski definition) is 2. The lowest BCUT2D eigenvalue weighted by molar-refractivity contribution is -0.169. The fraction of sp³-hybridized carbons (Fsp3) is 0.421. The first-order valence-corrected chi connectivity index (χ1v) is 9.45. The summed E-state index contributed by atoms with van der Waals surface area (Å²) < 4.78 is 1.09. The van der Waals surface area contributed by atoms with Crippen LogP contribution in [0.25, 0.3) is 11.0 Å². The van der Waals surface area contributed by atoms with E-state index >= 15 is 0 Å². The average Bonchev–Trinajstić information content (AvgIpc) is 3.08. The lowest BCUT2D eigenvalue weighted by atomic mass is 9.87. The molecular weight excluding hydrogens is 366 g/mol. The molecule has 4 rings (SSSR count). The Balaban J connectivity index is 1.71. The van der Waals surface area contributed by atoms with E-state index in [1.165, 1.54) is 16.7 Å². The van der Waals surface area contributed by atoms with Crippen molar-refractivity contribution in [2.75, 3.05) is 0 Å². The van der Waals surface area contributed by atoms with Gasteiger partial charge < -0.3 is 19.7 Å². The van der Waals surface area contributed by atoms with Crippen LogP contribution in [0.1, 0.15) is 25.8 Å². The van der Waals surface area contributed by atoms with E-state index in [1.807, 2.05) is 24.3 Å². The number of imidazole rings is 1. The van der Waals surface area contributed by atoms with Crippen LogP contribution in [0.3, 0.4) is 0 Å². The predicted molar refractivity (Wildman–Crippen MR) is 101 cm³/mol. The number of carboxylic acid groups (broad SMARTS) is 1. The van der Waals surface area contributed by atoms with E-state index in [9.17, 15) is 19.8 Å². The number of hydrogen-bond acceptors (Lipinski definition) is 5. The maximum atomic E-state index is 12.8. The third-order valence-corrected chi connectivity index (χ3v) is 6.85. The molecule has 3 heterocycles. The number of rotatable bonds is 4. The average molecular weight is 385 g/mol. The number of thioether (sulfide) groups is 1. The molecule has 2 N–H and O–H groups in total. The van der Waals surface area contributed by atoms with E-state index in [0.29, 0.717) is 11.3 Å². The monoisotopic (exact) mass is 385 g/mol. The first-order chi connectivity index (χ1) is 12.8. The van der Waals surface area contributed by atoms with Crippen molar-refractivity contribution in [2.24, 2.45) is 5.92 Å². The number of fused-ring (bicyclic) bond motifs is 2. The van der Waals surface area contributed by atoms with Crippen LogP contribution in [-0.4, -0.2) is 52.7 Å². The Hall–Kier alpha value is -2.50. The van der Waals surface area contributed by atoms with Crippen LogP contribution in [0.15, 0.2) is 24.3 Å². The van der Waals surface area contributed by atoms with Crippen LogP contribution in [-0.2, 0) is 16.1 Å². The first kappa shape index (κ1) is 17.9. The first-order valence-electron chi connectivity index (χ1n) is 8.57. The summed E-state index contributed by atoms with van der Waals surface area (Å²) in [4.78, 5) is 30.3. The molecule has 1 aromatic carbocycles. The zero-order valence-corrected chi connectivity index (χ0v) is 15.7. The number of para-hydroxylation sites is 2. The SMILES string of the molecule is C#CCn1c([C@@H](O)[C@@H]2C(=O)N3[C@@H]2SC(C)(C)[C@@H]3C(=O)O)nc2ccccc21. The highest BCUT2D eigenvalue weighted by atomic mass is 32.2. The molecule has 1 aromatic heterocycles. The molecule has 4 atom stereocenters. The normalized spacial score (nSPS) is 27.1. The molecule has 8 heteroatoms. The Morgan fingerprint density at radius 2 is 2.15 bits per heavy atom. The van der Waals surface area contributed by atoms with Gasteiger partial charge in [0.2, 0.25) is 5.91 Å². The lowest BCUT2D eigenvalue weighted by Gasteiger charge is -2.45. The number of carbonyl (C=O) groups is 2. The number of terminal acetylenes is 1. The number of amides is 1. The van der Waals surface area contributed by atoms with Crippen molar-refractivity contribution in [1.29, 1.82) is 0 Å². The number of β-lactam (4-membered cyclic amide) rings is 1. The van der Waals surface area contributed by atoms with Crippen molar-refractivity contribution in [3.8, 4) is 12.3 Å². The van der Waals surface area contributed by atoms with Gasteiger partial charge in [0, 0.05) is 4.75 Å². The maximum absolute atomic E-state index is 12.8. The summed E-state index contributed by atoms with van der Waals surface area (Å²) in [5, 5.41) is 20.1. The third-order valence-electron chi connectivity index (χ3n) is 5.25. The molecule has 1 amide bonds. The Labute approximate surface area is 160 Å². The second-order valence-electron chi connectivity index (χ2n) is 7.32. The molecule has 0 unspecified atom stereocenters. The smallest absolute Gasteiger partial charge is 0.327 e. The molecule has 0 bridgehead atoms. The number of aromatic nitrogens is 2. The van der Waals surface area contributed by atoms with Gasteiger partial charge in [-0.15, -0.1) is 18.2 Å². The van der Waals surface area contributed by atoms with E-state index in [-0.39, 0.29) is 12.5 Å². The van der Waals surface area contributed by atoms with E-state index < -0.39 is 34.2 Å². The van der Waals surface area contributed by atoms with Crippen molar-refractivity contribution < 1.29 is 19.8 Å². The number of aliphatic carboxylic acids is 1. The summed E-state index contributed by atoms with van der Waals surface area (Å²) in [6.45, 7) is 3.83. The largest absolute Gasteiger partial charge is 0.480 e. The summed E-state index contributed by atoms with van der Waals surface area (Å²) in [6, 6.07) is 6.47.